The number of nitrogens with zero attached hydrogens (tertiary/aromatic N) is 5. The Morgan fingerprint density at radius 1 is 1.12 bits per heavy atom. The zero-order valence-electron chi connectivity index (χ0n) is 17.7. The predicted octanol–water partition coefficient (Wildman–Crippen LogP) is 4.62. The summed E-state index contributed by atoms with van der Waals surface area (Å²) in [6.07, 6.45) is -1.68. The van der Waals surface area contributed by atoms with Crippen LogP contribution in [0.3, 0.4) is 0 Å². The zero-order chi connectivity index (χ0) is 23.8. The van der Waals surface area contributed by atoms with Gasteiger partial charge in [-0.15, -0.1) is 10.2 Å². The molecule has 33 heavy (non-hydrogen) atoms. The van der Waals surface area contributed by atoms with Crippen molar-refractivity contribution in [2.75, 3.05) is 27.2 Å². The highest BCUT2D eigenvalue weighted by Gasteiger charge is 2.34. The van der Waals surface area contributed by atoms with E-state index in [0.29, 0.717) is 40.5 Å². The molecule has 0 atom stereocenters. The van der Waals surface area contributed by atoms with Gasteiger partial charge in [0.15, 0.2) is 0 Å². The molecule has 1 aliphatic rings. The number of hydrogen-bond acceptors (Lipinski definition) is 5. The van der Waals surface area contributed by atoms with E-state index in [1.165, 1.54) is 23.2 Å². The number of alkyl halides is 3. The van der Waals surface area contributed by atoms with Crippen LogP contribution in [0.4, 0.5) is 18.0 Å². The maximum atomic E-state index is 13.0. The molecule has 2 amide bonds. The number of aromatic nitrogens is 3. The quantitative estimate of drug-likeness (QED) is 0.548. The van der Waals surface area contributed by atoms with Gasteiger partial charge in [0.1, 0.15) is 11.8 Å². The molecule has 4 rings (SSSR count). The molecule has 11 heteroatoms. The fourth-order valence-corrected chi connectivity index (χ4v) is 3.60. The summed E-state index contributed by atoms with van der Waals surface area (Å²) in [5.41, 5.74) is 1.15. The molecule has 1 aromatic carbocycles. The highest BCUT2D eigenvalue weighted by Crippen LogP contribution is 2.37. The molecule has 0 saturated carbocycles. The molecule has 0 bridgehead atoms. The maximum absolute atomic E-state index is 13.0. The van der Waals surface area contributed by atoms with Crippen molar-refractivity contribution in [3.63, 3.8) is 0 Å². The van der Waals surface area contributed by atoms with Gasteiger partial charge in [-0.3, -0.25) is 4.98 Å². The summed E-state index contributed by atoms with van der Waals surface area (Å²) in [6, 6.07) is 7.86. The number of amides is 2. The first kappa shape index (κ1) is 22.8. The van der Waals surface area contributed by atoms with Crippen molar-refractivity contribution in [3.8, 4) is 28.3 Å². The summed E-state index contributed by atoms with van der Waals surface area (Å²) in [5.74, 6) is 0.218. The second-order valence-electron chi connectivity index (χ2n) is 7.70. The van der Waals surface area contributed by atoms with Crippen LogP contribution in [0.5, 0.6) is 5.88 Å². The predicted molar refractivity (Wildman–Crippen MR) is 116 cm³/mol. The third kappa shape index (κ3) is 4.85. The Balaban J connectivity index is 1.64. The van der Waals surface area contributed by atoms with Gasteiger partial charge in [-0.2, -0.15) is 13.2 Å². The number of carbonyl (C=O) groups excluding carboxylic acids is 1. The molecule has 7 nitrogen and oxygen atoms in total. The lowest BCUT2D eigenvalue weighted by Gasteiger charge is -2.39. The molecular formula is C22H19ClF3N5O2. The Morgan fingerprint density at radius 3 is 2.42 bits per heavy atom. The van der Waals surface area contributed by atoms with Crippen molar-refractivity contribution in [1.29, 1.82) is 0 Å². The van der Waals surface area contributed by atoms with Crippen molar-refractivity contribution in [2.24, 2.45) is 0 Å². The Morgan fingerprint density at radius 2 is 1.82 bits per heavy atom. The van der Waals surface area contributed by atoms with Crippen LogP contribution >= 0.6 is 11.6 Å². The van der Waals surface area contributed by atoms with Gasteiger partial charge in [-0.05, 0) is 18.2 Å². The van der Waals surface area contributed by atoms with E-state index in [1.807, 2.05) is 0 Å². The first-order valence-corrected chi connectivity index (χ1v) is 10.3. The standard InChI is InChI=1S/C22H19ClF3N5O2/c1-30(2)21(32)31-11-15(12-31)33-19-9-17(16-7-8-27-10-18(16)23)20(29-28-19)13-3-5-14(6-4-13)22(24,25)26/h3-10,15H,11-12H2,1-2H3. The van der Waals surface area contributed by atoms with Crippen molar-refractivity contribution < 1.29 is 22.7 Å². The van der Waals surface area contributed by atoms with Gasteiger partial charge in [-0.25, -0.2) is 4.79 Å². The number of halogens is 4. The van der Waals surface area contributed by atoms with E-state index in [2.05, 4.69) is 15.2 Å². The molecule has 0 radical (unpaired) electrons. The summed E-state index contributed by atoms with van der Waals surface area (Å²) in [6.45, 7) is 0.815. The van der Waals surface area contributed by atoms with Crippen molar-refractivity contribution in [3.05, 3.63) is 59.4 Å². The van der Waals surface area contributed by atoms with Gasteiger partial charge in [-0.1, -0.05) is 23.7 Å². The van der Waals surface area contributed by atoms with E-state index in [9.17, 15) is 18.0 Å². The first-order valence-electron chi connectivity index (χ1n) is 9.91. The number of ether oxygens (including phenoxy) is 1. The maximum Gasteiger partial charge on any atom is 0.416 e. The molecule has 3 heterocycles. The number of likely N-dealkylation sites (tertiary alicyclic amines) is 1. The van der Waals surface area contributed by atoms with Gasteiger partial charge >= 0.3 is 12.2 Å². The number of urea groups is 1. The Labute approximate surface area is 192 Å². The Bertz CT molecular complexity index is 1170. The third-order valence-corrected chi connectivity index (χ3v) is 5.41. The molecule has 0 N–H and O–H groups in total. The smallest absolute Gasteiger partial charge is 0.416 e. The number of rotatable bonds is 4. The minimum atomic E-state index is -4.44. The van der Waals surface area contributed by atoms with Gasteiger partial charge in [0.05, 0.1) is 23.7 Å². The van der Waals surface area contributed by atoms with E-state index in [0.717, 1.165) is 12.1 Å². The molecule has 1 saturated heterocycles. The molecule has 1 fully saturated rings. The summed E-state index contributed by atoms with van der Waals surface area (Å²) in [5, 5.41) is 8.67. The number of hydrogen-bond donors (Lipinski definition) is 0. The van der Waals surface area contributed by atoms with Crippen LogP contribution < -0.4 is 4.74 Å². The van der Waals surface area contributed by atoms with Gasteiger partial charge in [0.2, 0.25) is 5.88 Å². The first-order chi connectivity index (χ1) is 15.6. The SMILES string of the molecule is CN(C)C(=O)N1CC(Oc2cc(-c3ccncc3Cl)c(-c3ccc(C(F)(F)F)cc3)nn2)C1. The van der Waals surface area contributed by atoms with Crippen molar-refractivity contribution in [2.45, 2.75) is 12.3 Å². The molecule has 2 aromatic heterocycles. The van der Waals surface area contributed by atoms with Gasteiger partial charge in [0.25, 0.3) is 0 Å². The topological polar surface area (TPSA) is 71.5 Å². The van der Waals surface area contributed by atoms with Crippen molar-refractivity contribution in [1.82, 2.24) is 25.0 Å². The second kappa shape index (κ2) is 8.86. The van der Waals surface area contributed by atoms with Crippen LogP contribution in [0.2, 0.25) is 5.02 Å². The van der Waals surface area contributed by atoms with Crippen LogP contribution in [-0.4, -0.2) is 64.3 Å². The molecule has 172 valence electrons. The summed E-state index contributed by atoms with van der Waals surface area (Å²) >= 11 is 6.33. The van der Waals surface area contributed by atoms with E-state index in [1.54, 1.807) is 37.3 Å². The molecular weight excluding hydrogens is 459 g/mol. The minimum absolute atomic E-state index is 0.108. The Hall–Kier alpha value is -3.40. The number of carbonyl (C=O) groups is 1. The van der Waals surface area contributed by atoms with E-state index < -0.39 is 11.7 Å². The van der Waals surface area contributed by atoms with E-state index >= 15 is 0 Å². The largest absolute Gasteiger partial charge is 0.469 e. The van der Waals surface area contributed by atoms with Gasteiger partial charge in [0, 0.05) is 49.2 Å². The lowest BCUT2D eigenvalue weighted by atomic mass is 10.00. The average Bonchev–Trinajstić information content (AvgIpc) is 2.75. The molecule has 0 spiro atoms. The van der Waals surface area contributed by atoms with Crippen molar-refractivity contribution >= 4 is 17.6 Å². The number of benzene rings is 1. The minimum Gasteiger partial charge on any atom is -0.469 e. The molecule has 1 aliphatic heterocycles. The summed E-state index contributed by atoms with van der Waals surface area (Å²) < 4.78 is 44.7. The zero-order valence-corrected chi connectivity index (χ0v) is 18.4. The molecule has 0 unspecified atom stereocenters. The van der Waals surface area contributed by atoms with Crippen LogP contribution in [0.15, 0.2) is 48.8 Å². The molecule has 3 aromatic rings. The summed E-state index contributed by atoms with van der Waals surface area (Å²) in [4.78, 5) is 19.1. The van der Waals surface area contributed by atoms with Crippen LogP contribution in [-0.2, 0) is 6.18 Å². The fourth-order valence-electron chi connectivity index (χ4n) is 3.38. The second-order valence-corrected chi connectivity index (χ2v) is 8.10. The van der Waals surface area contributed by atoms with E-state index in [4.69, 9.17) is 16.3 Å². The van der Waals surface area contributed by atoms with Gasteiger partial charge < -0.3 is 14.5 Å². The average molecular weight is 478 g/mol. The normalized spacial score (nSPS) is 14.1. The third-order valence-electron chi connectivity index (χ3n) is 5.11. The monoisotopic (exact) mass is 477 g/mol. The highest BCUT2D eigenvalue weighted by atomic mass is 35.5. The lowest BCUT2D eigenvalue weighted by molar-refractivity contribution is -0.137. The fraction of sp³-hybridized carbons (Fsp3) is 0.273. The van der Waals surface area contributed by atoms with Crippen LogP contribution in [0.1, 0.15) is 5.56 Å². The van der Waals surface area contributed by atoms with Crippen LogP contribution in [0, 0.1) is 0 Å². The number of pyridine rings is 1. The Kier molecular flexibility index (Phi) is 6.11. The van der Waals surface area contributed by atoms with E-state index in [-0.39, 0.29) is 18.0 Å². The molecule has 0 aliphatic carbocycles. The highest BCUT2D eigenvalue weighted by molar-refractivity contribution is 6.33. The lowest BCUT2D eigenvalue weighted by Crippen LogP contribution is -2.58. The van der Waals surface area contributed by atoms with Crippen LogP contribution in [0.25, 0.3) is 22.4 Å². The summed E-state index contributed by atoms with van der Waals surface area (Å²) in [7, 11) is 3.35.